The minimum absolute atomic E-state index is 0.106. The molecule has 0 aliphatic rings. The maximum Gasteiger partial charge on any atom is 0.311 e. The largest absolute Gasteiger partial charge is 0.481 e. The molecule has 0 bridgehead atoms. The molecule has 0 amide bonds. The Morgan fingerprint density at radius 2 is 2.00 bits per heavy atom. The molecule has 2 aromatic heterocycles. The third-order valence-electron chi connectivity index (χ3n) is 2.37. The van der Waals surface area contributed by atoms with Gasteiger partial charge >= 0.3 is 5.69 Å². The molecule has 7 nitrogen and oxygen atoms in total. The van der Waals surface area contributed by atoms with Gasteiger partial charge in [-0.1, -0.05) is 0 Å². The third kappa shape index (κ3) is 2.19. The molecule has 18 heavy (non-hydrogen) atoms. The van der Waals surface area contributed by atoms with Gasteiger partial charge in [0.2, 0.25) is 11.7 Å². The Balaban J connectivity index is 2.44. The molecular formula is C11H10N4O3. The van der Waals surface area contributed by atoms with E-state index >= 15 is 0 Å². The molecule has 2 heterocycles. The fourth-order valence-electron chi connectivity index (χ4n) is 1.44. The summed E-state index contributed by atoms with van der Waals surface area (Å²) in [5, 5.41) is 10.8. The number of nitrogen functional groups attached to an aromatic ring is 1. The Kier molecular flexibility index (Phi) is 3.05. The minimum Gasteiger partial charge on any atom is -0.481 e. The highest BCUT2D eigenvalue weighted by atomic mass is 16.6. The highest BCUT2D eigenvalue weighted by Gasteiger charge is 2.14. The number of nitrogens with zero attached hydrogens (tertiary/aromatic N) is 3. The first-order valence-corrected chi connectivity index (χ1v) is 5.02. The molecule has 0 aromatic carbocycles. The molecule has 0 aliphatic carbocycles. The lowest BCUT2D eigenvalue weighted by atomic mass is 10.1. The fraction of sp³-hybridized carbons (Fsp3) is 0.0909. The van der Waals surface area contributed by atoms with E-state index in [2.05, 4.69) is 9.97 Å². The van der Waals surface area contributed by atoms with Crippen molar-refractivity contribution in [3.05, 3.63) is 40.7 Å². The van der Waals surface area contributed by atoms with Crippen LogP contribution in [-0.2, 0) is 0 Å². The van der Waals surface area contributed by atoms with Gasteiger partial charge in [-0.05, 0) is 6.07 Å². The molecule has 92 valence electrons. The van der Waals surface area contributed by atoms with Gasteiger partial charge in [0.05, 0.1) is 12.0 Å². The molecule has 2 aromatic rings. The topological polar surface area (TPSA) is 104 Å². The van der Waals surface area contributed by atoms with Crippen LogP contribution in [0.5, 0.6) is 5.88 Å². The molecule has 2 rings (SSSR count). The molecule has 2 N–H and O–H groups in total. The summed E-state index contributed by atoms with van der Waals surface area (Å²) in [4.78, 5) is 18.0. The van der Waals surface area contributed by atoms with Gasteiger partial charge in [0.15, 0.2) is 0 Å². The Bertz CT molecular complexity index is 583. The van der Waals surface area contributed by atoms with E-state index in [9.17, 15) is 10.1 Å². The highest BCUT2D eigenvalue weighted by Crippen LogP contribution is 2.26. The van der Waals surface area contributed by atoms with E-state index in [0.29, 0.717) is 17.0 Å². The van der Waals surface area contributed by atoms with Crippen molar-refractivity contribution in [3.63, 3.8) is 0 Å². The first-order chi connectivity index (χ1) is 8.61. The van der Waals surface area contributed by atoms with Crippen molar-refractivity contribution < 1.29 is 9.66 Å². The minimum atomic E-state index is -0.567. The molecule has 0 spiro atoms. The van der Waals surface area contributed by atoms with Gasteiger partial charge in [-0.2, -0.15) is 0 Å². The van der Waals surface area contributed by atoms with Gasteiger partial charge in [-0.25, -0.2) is 9.97 Å². The molecule has 0 atom stereocenters. The van der Waals surface area contributed by atoms with E-state index in [0.717, 1.165) is 0 Å². The van der Waals surface area contributed by atoms with Crippen molar-refractivity contribution >= 4 is 11.5 Å². The van der Waals surface area contributed by atoms with Crippen molar-refractivity contribution in [1.82, 2.24) is 9.97 Å². The number of hydrogen-bond donors (Lipinski definition) is 1. The van der Waals surface area contributed by atoms with Crippen molar-refractivity contribution in [2.24, 2.45) is 0 Å². The average Bonchev–Trinajstić information content (AvgIpc) is 2.39. The van der Waals surface area contributed by atoms with E-state index in [1.165, 1.54) is 19.4 Å². The Morgan fingerprint density at radius 1 is 1.28 bits per heavy atom. The average molecular weight is 246 g/mol. The first-order valence-electron chi connectivity index (χ1n) is 5.02. The summed E-state index contributed by atoms with van der Waals surface area (Å²) in [6, 6.07) is 4.77. The second-order valence-electron chi connectivity index (χ2n) is 3.47. The van der Waals surface area contributed by atoms with Crippen LogP contribution in [-0.4, -0.2) is 22.0 Å². The molecule has 0 saturated carbocycles. The van der Waals surface area contributed by atoms with Gasteiger partial charge in [-0.15, -0.1) is 0 Å². The lowest BCUT2D eigenvalue weighted by Crippen LogP contribution is -1.98. The number of hydrogen-bond acceptors (Lipinski definition) is 6. The van der Waals surface area contributed by atoms with E-state index in [4.69, 9.17) is 10.5 Å². The fourth-order valence-corrected chi connectivity index (χ4v) is 1.44. The summed E-state index contributed by atoms with van der Waals surface area (Å²) in [6.45, 7) is 0. The Morgan fingerprint density at radius 3 is 2.56 bits per heavy atom. The van der Waals surface area contributed by atoms with Gasteiger partial charge in [0, 0.05) is 35.7 Å². The smallest absolute Gasteiger partial charge is 0.311 e. The Hall–Kier alpha value is -2.70. The zero-order valence-corrected chi connectivity index (χ0v) is 9.53. The van der Waals surface area contributed by atoms with E-state index < -0.39 is 4.92 Å². The maximum absolute atomic E-state index is 10.8. The molecule has 0 saturated heterocycles. The zero-order valence-electron chi connectivity index (χ0n) is 9.53. The van der Waals surface area contributed by atoms with Crippen molar-refractivity contribution in [2.75, 3.05) is 12.8 Å². The summed E-state index contributed by atoms with van der Waals surface area (Å²) in [5.41, 5.74) is 6.48. The quantitative estimate of drug-likeness (QED) is 0.652. The number of methoxy groups -OCH3 is 1. The van der Waals surface area contributed by atoms with Gasteiger partial charge < -0.3 is 10.5 Å². The number of aromatic nitrogens is 2. The van der Waals surface area contributed by atoms with Crippen LogP contribution in [0.1, 0.15) is 0 Å². The van der Waals surface area contributed by atoms with Crippen LogP contribution in [0.3, 0.4) is 0 Å². The van der Waals surface area contributed by atoms with Gasteiger partial charge in [0.25, 0.3) is 0 Å². The summed E-state index contributed by atoms with van der Waals surface area (Å²) in [5.74, 6) is 0.363. The number of pyridine rings is 2. The molecule has 0 radical (unpaired) electrons. The molecular weight excluding hydrogens is 236 g/mol. The van der Waals surface area contributed by atoms with Gasteiger partial charge in [-0.3, -0.25) is 10.1 Å². The lowest BCUT2D eigenvalue weighted by Gasteiger charge is -2.03. The predicted molar refractivity (Wildman–Crippen MR) is 65.1 cm³/mol. The normalized spacial score (nSPS) is 10.1. The standard InChI is InChI=1S/C11H10N4O3/c1-18-10-3-2-7(5-13-10)8-4-9(15(16)17)11(12)14-6-8/h2-6H,1H3,(H2,12,14). The summed E-state index contributed by atoms with van der Waals surface area (Å²) in [6.07, 6.45) is 3.02. The number of ether oxygens (including phenoxy) is 1. The van der Waals surface area contributed by atoms with Crippen LogP contribution < -0.4 is 10.5 Å². The molecule has 0 aliphatic heterocycles. The van der Waals surface area contributed by atoms with Crippen LogP contribution in [0.15, 0.2) is 30.6 Å². The predicted octanol–water partition coefficient (Wildman–Crippen LogP) is 1.64. The lowest BCUT2D eigenvalue weighted by molar-refractivity contribution is -0.384. The highest BCUT2D eigenvalue weighted by molar-refractivity contribution is 5.68. The first kappa shape index (κ1) is 11.8. The maximum atomic E-state index is 10.8. The molecule has 0 unspecified atom stereocenters. The number of anilines is 1. The monoisotopic (exact) mass is 246 g/mol. The van der Waals surface area contributed by atoms with Crippen LogP contribution in [0.4, 0.5) is 11.5 Å². The van der Waals surface area contributed by atoms with E-state index in [1.807, 2.05) is 0 Å². The van der Waals surface area contributed by atoms with E-state index in [-0.39, 0.29) is 11.5 Å². The Labute approximate surface area is 102 Å². The molecule has 0 fully saturated rings. The summed E-state index contributed by atoms with van der Waals surface area (Å²) in [7, 11) is 1.51. The van der Waals surface area contributed by atoms with Crippen molar-refractivity contribution in [2.45, 2.75) is 0 Å². The van der Waals surface area contributed by atoms with E-state index in [1.54, 1.807) is 18.3 Å². The number of nitrogens with two attached hydrogens (primary N) is 1. The van der Waals surface area contributed by atoms with Crippen LogP contribution in [0, 0.1) is 10.1 Å². The molecule has 7 heteroatoms. The van der Waals surface area contributed by atoms with Crippen molar-refractivity contribution in [3.8, 4) is 17.0 Å². The van der Waals surface area contributed by atoms with Crippen molar-refractivity contribution in [1.29, 1.82) is 0 Å². The van der Waals surface area contributed by atoms with Crippen LogP contribution >= 0.6 is 0 Å². The second kappa shape index (κ2) is 4.66. The van der Waals surface area contributed by atoms with Crippen LogP contribution in [0.25, 0.3) is 11.1 Å². The SMILES string of the molecule is COc1ccc(-c2cnc(N)c([N+](=O)[O-])c2)cn1. The number of nitro groups is 1. The summed E-state index contributed by atoms with van der Waals surface area (Å²) < 4.78 is 4.93. The van der Waals surface area contributed by atoms with Crippen LogP contribution in [0.2, 0.25) is 0 Å². The summed E-state index contributed by atoms with van der Waals surface area (Å²) >= 11 is 0. The number of rotatable bonds is 3. The second-order valence-corrected chi connectivity index (χ2v) is 3.47. The zero-order chi connectivity index (χ0) is 13.1. The van der Waals surface area contributed by atoms with Gasteiger partial charge in [0.1, 0.15) is 0 Å². The third-order valence-corrected chi connectivity index (χ3v) is 2.37.